The SMILES string of the molecule is CC1(C)CC[C@]2(C(=O)O)CC[C@]3(C)C(=CC[C@@H]4[C@@]5(C)CC[C@H](O[C@@H]6OC[C@@H](O[C@@H]7O[C@H](CO)[C@H](O)[C@H](O)[C@H]7O)[C@H](O)[C@@H]6O)C(C)(C)[C@@H]5CC[C@]43C)[C@@H]2C1. The van der Waals surface area contributed by atoms with Gasteiger partial charge < -0.3 is 54.7 Å². The van der Waals surface area contributed by atoms with Crippen LogP contribution in [0, 0.1) is 50.2 Å². The van der Waals surface area contributed by atoms with Crippen molar-refractivity contribution in [2.75, 3.05) is 13.2 Å². The van der Waals surface area contributed by atoms with Gasteiger partial charge in [-0.15, -0.1) is 0 Å². The fourth-order valence-electron chi connectivity index (χ4n) is 13.4. The van der Waals surface area contributed by atoms with Crippen LogP contribution in [0.2, 0.25) is 0 Å². The molecule has 7 rings (SSSR count). The first-order chi connectivity index (χ1) is 24.7. The Balaban J connectivity index is 1.06. The minimum absolute atomic E-state index is 0.0183. The minimum Gasteiger partial charge on any atom is -0.481 e. The van der Waals surface area contributed by atoms with E-state index >= 15 is 0 Å². The van der Waals surface area contributed by atoms with Gasteiger partial charge in [-0.05, 0) is 109 Å². The minimum atomic E-state index is -1.65. The number of carboxylic acid groups (broad SMARTS) is 1. The molecular formula is C41H66O12. The lowest BCUT2D eigenvalue weighted by Crippen LogP contribution is -2.66. The van der Waals surface area contributed by atoms with E-state index in [4.69, 9.17) is 18.9 Å². The second-order valence-electron chi connectivity index (χ2n) is 20.2. The van der Waals surface area contributed by atoms with Crippen molar-refractivity contribution in [3.63, 3.8) is 0 Å². The zero-order chi connectivity index (χ0) is 38.7. The zero-order valence-corrected chi connectivity index (χ0v) is 32.7. The Morgan fingerprint density at radius 1 is 0.792 bits per heavy atom. The third-order valence-electron chi connectivity index (χ3n) is 16.9. The molecule has 0 aromatic rings. The van der Waals surface area contributed by atoms with E-state index in [9.17, 15) is 40.5 Å². The van der Waals surface area contributed by atoms with Crippen LogP contribution >= 0.6 is 0 Å². The van der Waals surface area contributed by atoms with Crippen LogP contribution in [0.5, 0.6) is 0 Å². The summed E-state index contributed by atoms with van der Waals surface area (Å²) in [5, 5.41) is 73.2. The highest BCUT2D eigenvalue weighted by atomic mass is 16.7. The monoisotopic (exact) mass is 750 g/mol. The van der Waals surface area contributed by atoms with Crippen LogP contribution in [-0.4, -0.2) is 116 Å². The van der Waals surface area contributed by atoms with Crippen LogP contribution in [0.3, 0.4) is 0 Å². The van der Waals surface area contributed by atoms with Gasteiger partial charge in [-0.25, -0.2) is 0 Å². The van der Waals surface area contributed by atoms with E-state index in [-0.39, 0.29) is 45.7 Å². The number of carboxylic acids is 1. The average molecular weight is 751 g/mol. The molecule has 7 aliphatic rings. The molecule has 6 fully saturated rings. The smallest absolute Gasteiger partial charge is 0.310 e. The summed E-state index contributed by atoms with van der Waals surface area (Å²) in [5.74, 6) is 0.218. The van der Waals surface area contributed by atoms with Crippen LogP contribution in [0.1, 0.15) is 113 Å². The number of hydrogen-bond donors (Lipinski definition) is 7. The summed E-state index contributed by atoms with van der Waals surface area (Å²) < 4.78 is 23.7. The Hall–Kier alpha value is -1.19. The summed E-state index contributed by atoms with van der Waals surface area (Å²) in [4.78, 5) is 13.0. The van der Waals surface area contributed by atoms with Crippen molar-refractivity contribution in [2.24, 2.45) is 50.2 Å². The van der Waals surface area contributed by atoms with Crippen LogP contribution < -0.4 is 0 Å². The van der Waals surface area contributed by atoms with Crippen molar-refractivity contribution in [3.8, 4) is 0 Å². The third-order valence-corrected chi connectivity index (χ3v) is 16.9. The number of fused-ring (bicyclic) bond motifs is 7. The molecule has 0 aromatic heterocycles. The Kier molecular flexibility index (Phi) is 10.2. The fourth-order valence-corrected chi connectivity index (χ4v) is 13.4. The molecular weight excluding hydrogens is 684 g/mol. The first kappa shape index (κ1) is 40.0. The van der Waals surface area contributed by atoms with Gasteiger partial charge in [-0.2, -0.15) is 0 Å². The molecule has 0 unspecified atom stereocenters. The molecule has 12 nitrogen and oxygen atoms in total. The van der Waals surface area contributed by atoms with Crippen molar-refractivity contribution >= 4 is 5.97 Å². The highest BCUT2D eigenvalue weighted by Gasteiger charge is 2.69. The van der Waals surface area contributed by atoms with Gasteiger partial charge in [0.05, 0.1) is 24.7 Å². The predicted molar refractivity (Wildman–Crippen MR) is 192 cm³/mol. The predicted octanol–water partition coefficient (Wildman–Crippen LogP) is 3.52. The van der Waals surface area contributed by atoms with Gasteiger partial charge in [0.25, 0.3) is 0 Å². The first-order valence-corrected chi connectivity index (χ1v) is 20.2. The molecule has 2 heterocycles. The molecule has 17 atom stereocenters. The number of carbonyl (C=O) groups is 1. The molecule has 0 spiro atoms. The largest absolute Gasteiger partial charge is 0.481 e. The van der Waals surface area contributed by atoms with Gasteiger partial charge in [0, 0.05) is 0 Å². The molecule has 0 radical (unpaired) electrons. The molecule has 0 aromatic carbocycles. The van der Waals surface area contributed by atoms with E-state index in [1.807, 2.05) is 0 Å². The van der Waals surface area contributed by atoms with E-state index in [1.54, 1.807) is 0 Å². The maximum Gasteiger partial charge on any atom is 0.310 e. The molecule has 53 heavy (non-hydrogen) atoms. The number of ether oxygens (including phenoxy) is 4. The van der Waals surface area contributed by atoms with Crippen molar-refractivity contribution in [2.45, 2.75) is 174 Å². The highest BCUT2D eigenvalue weighted by molar-refractivity contribution is 5.76. The van der Waals surface area contributed by atoms with Gasteiger partial charge in [0.1, 0.15) is 42.7 Å². The summed E-state index contributed by atoms with van der Waals surface area (Å²) in [6.07, 6.45) is -1.38. The molecule has 5 aliphatic carbocycles. The summed E-state index contributed by atoms with van der Waals surface area (Å²) in [5.41, 5.74) is 0.584. The van der Waals surface area contributed by atoms with Gasteiger partial charge in [0.2, 0.25) is 0 Å². The van der Waals surface area contributed by atoms with Crippen LogP contribution in [0.15, 0.2) is 11.6 Å². The second kappa shape index (κ2) is 13.5. The maximum absolute atomic E-state index is 13.0. The summed E-state index contributed by atoms with van der Waals surface area (Å²) in [7, 11) is 0. The van der Waals surface area contributed by atoms with Crippen LogP contribution in [0.25, 0.3) is 0 Å². The summed E-state index contributed by atoms with van der Waals surface area (Å²) >= 11 is 0. The Bertz CT molecular complexity index is 1430. The quantitative estimate of drug-likeness (QED) is 0.155. The Morgan fingerprint density at radius 3 is 2.15 bits per heavy atom. The number of aliphatic hydroxyl groups is 6. The van der Waals surface area contributed by atoms with Crippen molar-refractivity contribution in [1.82, 2.24) is 0 Å². The van der Waals surface area contributed by atoms with Gasteiger partial charge in [-0.3, -0.25) is 4.79 Å². The third kappa shape index (κ3) is 5.94. The molecule has 2 aliphatic heterocycles. The average Bonchev–Trinajstić information content (AvgIpc) is 3.09. The number of aliphatic carboxylic acids is 1. The van der Waals surface area contributed by atoms with E-state index in [1.165, 1.54) is 5.57 Å². The molecule has 7 N–H and O–H groups in total. The summed E-state index contributed by atoms with van der Waals surface area (Å²) in [6, 6.07) is 0. The molecule has 0 bridgehead atoms. The highest BCUT2D eigenvalue weighted by Crippen LogP contribution is 2.76. The maximum atomic E-state index is 13.0. The number of rotatable bonds is 6. The lowest BCUT2D eigenvalue weighted by molar-refractivity contribution is -0.351. The second-order valence-corrected chi connectivity index (χ2v) is 20.2. The molecule has 302 valence electrons. The van der Waals surface area contributed by atoms with Crippen LogP contribution in [-0.2, 0) is 23.7 Å². The van der Waals surface area contributed by atoms with Crippen molar-refractivity contribution in [1.29, 1.82) is 0 Å². The zero-order valence-electron chi connectivity index (χ0n) is 32.7. The number of allylic oxidation sites excluding steroid dienone is 2. The van der Waals surface area contributed by atoms with E-state index in [2.05, 4.69) is 54.5 Å². The van der Waals surface area contributed by atoms with E-state index in [0.717, 1.165) is 64.2 Å². The topological polar surface area (TPSA) is 196 Å². The fraction of sp³-hybridized carbons (Fsp3) is 0.927. The molecule has 2 saturated heterocycles. The van der Waals surface area contributed by atoms with E-state index < -0.39 is 73.3 Å². The summed E-state index contributed by atoms with van der Waals surface area (Å²) in [6.45, 7) is 15.8. The Morgan fingerprint density at radius 2 is 1.47 bits per heavy atom. The lowest BCUT2D eigenvalue weighted by atomic mass is 9.33. The molecule has 12 heteroatoms. The lowest BCUT2D eigenvalue weighted by Gasteiger charge is -2.71. The molecule has 0 amide bonds. The molecule has 4 saturated carbocycles. The van der Waals surface area contributed by atoms with Gasteiger partial charge >= 0.3 is 5.97 Å². The standard InChI is InChI=1S/C41H66O12/c1-36(2)14-16-41(35(48)49)17-15-39(6)21(22(41)18-36)8-9-26-38(5)12-11-27(37(3,4)25(38)10-13-40(26,39)7)53-33-31(46)29(44)24(20-50-33)52-34-32(47)30(45)28(43)23(19-42)51-34/h8,22-34,42-47H,9-20H2,1-7H3,(H,48,49)/t22-,23+,24+,25-,26+,27-,28-,29-,30-,31-,32+,33-,34-,38-,39+,40+,41-/m0/s1. The van der Waals surface area contributed by atoms with Crippen LogP contribution in [0.4, 0.5) is 0 Å². The van der Waals surface area contributed by atoms with E-state index in [0.29, 0.717) is 11.8 Å². The normalized spacial score (nSPS) is 53.3. The Labute approximate surface area is 314 Å². The van der Waals surface area contributed by atoms with Crippen molar-refractivity contribution < 1.29 is 59.5 Å². The van der Waals surface area contributed by atoms with Gasteiger partial charge in [-0.1, -0.05) is 60.1 Å². The van der Waals surface area contributed by atoms with Gasteiger partial charge in [0.15, 0.2) is 12.6 Å². The first-order valence-electron chi connectivity index (χ1n) is 20.2. The number of hydrogen-bond acceptors (Lipinski definition) is 11. The number of aliphatic hydroxyl groups excluding tert-OH is 6. The van der Waals surface area contributed by atoms with Crippen molar-refractivity contribution in [3.05, 3.63) is 11.6 Å².